The molecule has 0 bridgehead atoms. The van der Waals surface area contributed by atoms with Gasteiger partial charge < -0.3 is 0 Å². The topological polar surface area (TPSA) is 0 Å². The van der Waals surface area contributed by atoms with Crippen molar-refractivity contribution in [1.29, 1.82) is 0 Å². The molecule has 0 aromatic heterocycles. The van der Waals surface area contributed by atoms with E-state index in [0.717, 1.165) is 6.42 Å². The van der Waals surface area contributed by atoms with Crippen molar-refractivity contribution in [3.8, 4) is 0 Å². The second-order valence-electron chi connectivity index (χ2n) is 6.03. The summed E-state index contributed by atoms with van der Waals surface area (Å²) in [5, 5.41) is 0. The summed E-state index contributed by atoms with van der Waals surface area (Å²) in [5.74, 6) is 0. The average Bonchev–Trinajstić information content (AvgIpc) is 2.28. The molecule has 0 aromatic carbocycles. The largest absolute Gasteiger partial charge is 0.0767 e. The first kappa shape index (κ1) is 10.6. The van der Waals surface area contributed by atoms with Crippen molar-refractivity contribution >= 4 is 0 Å². The fourth-order valence-corrected chi connectivity index (χ4v) is 1.57. The fraction of sp³-hybridized carbons (Fsp3) is 0.692. The highest BCUT2D eigenvalue weighted by molar-refractivity contribution is 5.38. The number of hydrogen-bond acceptors (Lipinski definition) is 0. The molecule has 0 saturated heterocycles. The molecule has 1 aliphatic carbocycles. The standard InChI is InChI=1S/C13H22/c1-12(2,3)10-7-8-11(9-10)13(4,5)6/h7,9H,8H2,1-6H3. The average molecular weight is 178 g/mol. The van der Waals surface area contributed by atoms with Crippen LogP contribution in [0.4, 0.5) is 0 Å². The maximum atomic E-state index is 2.39. The van der Waals surface area contributed by atoms with Crippen LogP contribution in [0, 0.1) is 10.8 Å². The Morgan fingerprint density at radius 1 is 0.923 bits per heavy atom. The molecule has 0 fully saturated rings. The Kier molecular flexibility index (Phi) is 2.44. The lowest BCUT2D eigenvalue weighted by Crippen LogP contribution is -2.09. The highest BCUT2D eigenvalue weighted by Gasteiger charge is 2.24. The van der Waals surface area contributed by atoms with Gasteiger partial charge in [0, 0.05) is 0 Å². The predicted molar refractivity (Wildman–Crippen MR) is 59.7 cm³/mol. The van der Waals surface area contributed by atoms with E-state index in [1.165, 1.54) is 5.57 Å². The summed E-state index contributed by atoms with van der Waals surface area (Å²) in [6, 6.07) is 0. The molecule has 0 spiro atoms. The summed E-state index contributed by atoms with van der Waals surface area (Å²) in [4.78, 5) is 0. The van der Waals surface area contributed by atoms with E-state index in [4.69, 9.17) is 0 Å². The van der Waals surface area contributed by atoms with E-state index in [1.54, 1.807) is 5.57 Å². The van der Waals surface area contributed by atoms with Gasteiger partial charge in [0.05, 0.1) is 0 Å². The minimum atomic E-state index is 0.312. The third kappa shape index (κ3) is 2.46. The first-order chi connectivity index (χ1) is 5.71. The summed E-state index contributed by atoms with van der Waals surface area (Å²) >= 11 is 0. The molecular formula is C13H22. The third-order valence-electron chi connectivity index (χ3n) is 2.70. The number of hydrogen-bond donors (Lipinski definition) is 0. The molecule has 13 heavy (non-hydrogen) atoms. The lowest BCUT2D eigenvalue weighted by atomic mass is 9.84. The van der Waals surface area contributed by atoms with Gasteiger partial charge in [-0.2, -0.15) is 0 Å². The summed E-state index contributed by atoms with van der Waals surface area (Å²) in [7, 11) is 0. The van der Waals surface area contributed by atoms with Crippen LogP contribution in [0.3, 0.4) is 0 Å². The highest BCUT2D eigenvalue weighted by Crippen LogP contribution is 2.39. The van der Waals surface area contributed by atoms with Crippen molar-refractivity contribution in [2.24, 2.45) is 10.8 Å². The molecule has 0 atom stereocenters. The highest BCUT2D eigenvalue weighted by atomic mass is 14.3. The minimum Gasteiger partial charge on any atom is -0.0767 e. The molecule has 0 aliphatic heterocycles. The van der Waals surface area contributed by atoms with Gasteiger partial charge in [0.1, 0.15) is 0 Å². The van der Waals surface area contributed by atoms with E-state index >= 15 is 0 Å². The van der Waals surface area contributed by atoms with Crippen molar-refractivity contribution in [2.45, 2.75) is 48.0 Å². The maximum Gasteiger partial charge on any atom is -0.0124 e. The Morgan fingerprint density at radius 3 is 1.69 bits per heavy atom. The van der Waals surface area contributed by atoms with Crippen LogP contribution in [0.25, 0.3) is 0 Å². The second-order valence-corrected chi connectivity index (χ2v) is 6.03. The molecule has 1 rings (SSSR count). The molecular weight excluding hydrogens is 156 g/mol. The zero-order valence-electron chi connectivity index (χ0n) is 9.86. The van der Waals surface area contributed by atoms with Crippen LogP contribution < -0.4 is 0 Å². The molecule has 1 aliphatic rings. The van der Waals surface area contributed by atoms with Gasteiger partial charge in [-0.05, 0) is 22.8 Å². The van der Waals surface area contributed by atoms with Crippen LogP contribution in [0.2, 0.25) is 0 Å². The Hall–Kier alpha value is -0.520. The van der Waals surface area contributed by atoms with Gasteiger partial charge in [-0.25, -0.2) is 0 Å². The molecule has 74 valence electrons. The van der Waals surface area contributed by atoms with Gasteiger partial charge in [0.25, 0.3) is 0 Å². The van der Waals surface area contributed by atoms with Gasteiger partial charge in [0.15, 0.2) is 0 Å². The van der Waals surface area contributed by atoms with Crippen LogP contribution in [-0.4, -0.2) is 0 Å². The van der Waals surface area contributed by atoms with Crippen molar-refractivity contribution in [3.05, 3.63) is 23.3 Å². The zero-order chi connectivity index (χ0) is 10.3. The first-order valence-corrected chi connectivity index (χ1v) is 5.13. The number of rotatable bonds is 0. The van der Waals surface area contributed by atoms with Gasteiger partial charge in [-0.3, -0.25) is 0 Å². The smallest absolute Gasteiger partial charge is 0.0124 e. The summed E-state index contributed by atoms with van der Waals surface area (Å²) < 4.78 is 0. The fourth-order valence-electron chi connectivity index (χ4n) is 1.57. The number of allylic oxidation sites excluding steroid dienone is 4. The van der Waals surface area contributed by atoms with E-state index in [1.807, 2.05) is 0 Å². The molecule has 0 N–H and O–H groups in total. The van der Waals surface area contributed by atoms with Gasteiger partial charge in [0.2, 0.25) is 0 Å². The van der Waals surface area contributed by atoms with Gasteiger partial charge in [-0.15, -0.1) is 0 Å². The quantitative estimate of drug-likeness (QED) is 0.518. The lowest BCUT2D eigenvalue weighted by molar-refractivity contribution is 0.493. The lowest BCUT2D eigenvalue weighted by Gasteiger charge is -2.21. The molecule has 0 heterocycles. The zero-order valence-corrected chi connectivity index (χ0v) is 9.86. The van der Waals surface area contributed by atoms with Crippen molar-refractivity contribution < 1.29 is 0 Å². The predicted octanol–water partition coefficient (Wildman–Crippen LogP) is 4.34. The Labute approximate surface area is 82.7 Å². The molecule has 0 nitrogen and oxygen atoms in total. The van der Waals surface area contributed by atoms with Gasteiger partial charge >= 0.3 is 0 Å². The normalized spacial score (nSPS) is 18.6. The molecule has 0 radical (unpaired) electrons. The van der Waals surface area contributed by atoms with Crippen LogP contribution in [-0.2, 0) is 0 Å². The van der Waals surface area contributed by atoms with Crippen LogP contribution in [0.15, 0.2) is 23.3 Å². The maximum absolute atomic E-state index is 2.39. The molecule has 0 saturated carbocycles. The van der Waals surface area contributed by atoms with Crippen molar-refractivity contribution in [2.75, 3.05) is 0 Å². The Bertz CT molecular complexity index is 251. The van der Waals surface area contributed by atoms with E-state index < -0.39 is 0 Å². The summed E-state index contributed by atoms with van der Waals surface area (Å²) in [6.07, 6.45) is 5.91. The van der Waals surface area contributed by atoms with E-state index in [-0.39, 0.29) is 0 Å². The summed E-state index contributed by atoms with van der Waals surface area (Å²) in [5.41, 5.74) is 3.71. The Balaban J connectivity index is 2.84. The second kappa shape index (κ2) is 3.01. The van der Waals surface area contributed by atoms with E-state index in [2.05, 4.69) is 53.7 Å². The summed E-state index contributed by atoms with van der Waals surface area (Å²) in [6.45, 7) is 13.7. The minimum absolute atomic E-state index is 0.312. The van der Waals surface area contributed by atoms with Crippen LogP contribution in [0.5, 0.6) is 0 Å². The van der Waals surface area contributed by atoms with Crippen LogP contribution in [0.1, 0.15) is 48.0 Å². The molecule has 0 aromatic rings. The van der Waals surface area contributed by atoms with Crippen molar-refractivity contribution in [3.63, 3.8) is 0 Å². The third-order valence-corrected chi connectivity index (χ3v) is 2.70. The molecule has 0 heteroatoms. The molecule has 0 amide bonds. The van der Waals surface area contributed by atoms with Crippen LogP contribution >= 0.6 is 0 Å². The SMILES string of the molecule is CC(C)(C)C1=CCC(C(C)(C)C)=C1. The molecule has 0 unspecified atom stereocenters. The first-order valence-electron chi connectivity index (χ1n) is 5.13. The van der Waals surface area contributed by atoms with Gasteiger partial charge in [-0.1, -0.05) is 59.3 Å². The van der Waals surface area contributed by atoms with E-state index in [9.17, 15) is 0 Å². The van der Waals surface area contributed by atoms with E-state index in [0.29, 0.717) is 10.8 Å². The Morgan fingerprint density at radius 2 is 1.46 bits per heavy atom. The monoisotopic (exact) mass is 178 g/mol. The van der Waals surface area contributed by atoms with Crippen molar-refractivity contribution in [1.82, 2.24) is 0 Å².